The quantitative estimate of drug-likeness (QED) is 0.629. The number of hydrogen-bond acceptors (Lipinski definition) is 0. The molecule has 1 heteroatoms. The topological polar surface area (TPSA) is 0 Å². The van der Waals surface area contributed by atoms with Gasteiger partial charge in [-0.2, -0.15) is 0 Å². The van der Waals surface area contributed by atoms with E-state index in [0.29, 0.717) is 11.8 Å². The first kappa shape index (κ1) is 12.7. The van der Waals surface area contributed by atoms with Crippen LogP contribution in [0.15, 0.2) is 64.5 Å². The molecule has 1 radical (unpaired) electrons. The van der Waals surface area contributed by atoms with Crippen molar-refractivity contribution in [2.75, 3.05) is 0 Å². The van der Waals surface area contributed by atoms with Crippen LogP contribution in [0, 0.1) is 12.0 Å². The zero-order valence-electron chi connectivity index (χ0n) is 13.3. The van der Waals surface area contributed by atoms with Gasteiger partial charge in [0.15, 0.2) is 0 Å². The molecule has 2 aromatic carbocycles. The zero-order chi connectivity index (χ0) is 15.1. The number of allylic oxidation sites excluding steroid dienone is 4. The monoisotopic (exact) mass is 299 g/mol. The van der Waals surface area contributed by atoms with E-state index in [4.69, 9.17) is 0 Å². The van der Waals surface area contributed by atoms with Crippen molar-refractivity contribution in [3.8, 4) is 11.1 Å². The maximum absolute atomic E-state index is 3.90. The van der Waals surface area contributed by atoms with E-state index in [9.17, 15) is 0 Å². The van der Waals surface area contributed by atoms with Crippen LogP contribution in [0.5, 0.6) is 0 Å². The molecular formula is C21H19Si. The fourth-order valence-corrected chi connectivity index (χ4v) is 8.84. The molecule has 6 rings (SSSR count). The van der Waals surface area contributed by atoms with E-state index < -0.39 is 8.07 Å². The van der Waals surface area contributed by atoms with Crippen molar-refractivity contribution in [2.24, 2.45) is 5.92 Å². The Balaban J connectivity index is 1.73. The average molecular weight is 299 g/mol. The molecule has 0 N–H and O–H groups in total. The van der Waals surface area contributed by atoms with Crippen molar-refractivity contribution in [1.29, 1.82) is 0 Å². The van der Waals surface area contributed by atoms with Gasteiger partial charge in [-0.15, -0.1) is 0 Å². The number of hydrogen-bond donors (Lipinski definition) is 0. The van der Waals surface area contributed by atoms with Crippen LogP contribution < -0.4 is 0 Å². The Morgan fingerprint density at radius 1 is 0.864 bits per heavy atom. The highest BCUT2D eigenvalue weighted by atomic mass is 28.3. The summed E-state index contributed by atoms with van der Waals surface area (Å²) in [6.45, 7) is 7.29. The summed E-state index contributed by atoms with van der Waals surface area (Å²) >= 11 is 0. The molecule has 22 heavy (non-hydrogen) atoms. The highest BCUT2D eigenvalue weighted by molar-refractivity contribution is 6.96. The first-order valence-electron chi connectivity index (χ1n) is 8.14. The Hall–Kier alpha value is -1.86. The summed E-state index contributed by atoms with van der Waals surface area (Å²) < 4.78 is 0. The van der Waals surface area contributed by atoms with Crippen molar-refractivity contribution < 1.29 is 0 Å². The maximum atomic E-state index is 3.90. The zero-order valence-corrected chi connectivity index (χ0v) is 14.3. The van der Waals surface area contributed by atoms with E-state index in [2.05, 4.69) is 74.6 Å². The van der Waals surface area contributed by atoms with Crippen LogP contribution in [0.4, 0.5) is 0 Å². The molecule has 1 atom stereocenters. The van der Waals surface area contributed by atoms with Crippen molar-refractivity contribution in [3.05, 3.63) is 81.7 Å². The minimum Gasteiger partial charge on any atom is -0.0650 e. The lowest BCUT2D eigenvalue weighted by atomic mass is 9.85. The predicted octanol–water partition coefficient (Wildman–Crippen LogP) is 5.28. The smallest absolute Gasteiger partial charge is 0.0650 e. The molecule has 0 saturated carbocycles. The predicted molar refractivity (Wildman–Crippen MR) is 94.1 cm³/mol. The van der Waals surface area contributed by atoms with Crippen LogP contribution in [0.25, 0.3) is 11.1 Å². The van der Waals surface area contributed by atoms with Crippen LogP contribution in [0.2, 0.25) is 13.1 Å². The van der Waals surface area contributed by atoms with E-state index in [1.807, 2.05) is 0 Å². The molecule has 0 saturated heterocycles. The van der Waals surface area contributed by atoms with Gasteiger partial charge in [0, 0.05) is 11.8 Å². The third-order valence-electron chi connectivity index (χ3n) is 5.90. The van der Waals surface area contributed by atoms with Gasteiger partial charge in [0.25, 0.3) is 0 Å². The summed E-state index contributed by atoms with van der Waals surface area (Å²) in [5.74, 6) is 0.964. The first-order valence-corrected chi connectivity index (χ1v) is 11.1. The summed E-state index contributed by atoms with van der Waals surface area (Å²) in [5, 5.41) is 3.34. The summed E-state index contributed by atoms with van der Waals surface area (Å²) in [7, 11) is -1.30. The number of fused-ring (bicyclic) bond motifs is 4. The minimum atomic E-state index is -1.30. The Labute approximate surface area is 133 Å². The third kappa shape index (κ3) is 1.29. The van der Waals surface area contributed by atoms with Gasteiger partial charge < -0.3 is 0 Å². The SMILES string of the molecule is CC1=C2C(C3c4ccccc4-c4ccccc43)[C]=C1[Si]2(C)C. The molecule has 0 spiro atoms. The molecule has 107 valence electrons. The second kappa shape index (κ2) is 3.91. The maximum Gasteiger partial charge on any atom is 0.109 e. The van der Waals surface area contributed by atoms with E-state index in [1.54, 1.807) is 16.0 Å². The van der Waals surface area contributed by atoms with Gasteiger partial charge >= 0.3 is 0 Å². The largest absolute Gasteiger partial charge is 0.109 e. The lowest BCUT2D eigenvalue weighted by Gasteiger charge is -2.38. The van der Waals surface area contributed by atoms with Gasteiger partial charge in [-0.3, -0.25) is 0 Å². The highest BCUT2D eigenvalue weighted by Crippen LogP contribution is 2.60. The molecule has 2 heterocycles. The van der Waals surface area contributed by atoms with Crippen molar-refractivity contribution in [2.45, 2.75) is 25.9 Å². The molecule has 4 aliphatic rings. The fraction of sp³-hybridized carbons (Fsp3) is 0.238. The Morgan fingerprint density at radius 2 is 1.41 bits per heavy atom. The van der Waals surface area contributed by atoms with Gasteiger partial charge in [-0.1, -0.05) is 72.4 Å². The number of rotatable bonds is 1. The van der Waals surface area contributed by atoms with Gasteiger partial charge in [-0.05, 0) is 40.4 Å². The third-order valence-corrected chi connectivity index (χ3v) is 9.71. The van der Waals surface area contributed by atoms with Crippen LogP contribution in [-0.4, -0.2) is 8.07 Å². The van der Waals surface area contributed by atoms with Gasteiger partial charge in [-0.25, -0.2) is 0 Å². The van der Waals surface area contributed by atoms with Crippen molar-refractivity contribution in [3.63, 3.8) is 0 Å². The molecule has 0 aromatic heterocycles. The molecule has 0 nitrogen and oxygen atoms in total. The van der Waals surface area contributed by atoms with Gasteiger partial charge in [0.1, 0.15) is 8.07 Å². The molecule has 2 aliphatic heterocycles. The van der Waals surface area contributed by atoms with E-state index >= 15 is 0 Å². The second-order valence-electron chi connectivity index (χ2n) is 7.31. The van der Waals surface area contributed by atoms with Crippen LogP contribution in [0.3, 0.4) is 0 Å². The first-order chi connectivity index (χ1) is 10.6. The van der Waals surface area contributed by atoms with Crippen LogP contribution in [-0.2, 0) is 0 Å². The second-order valence-corrected chi connectivity index (χ2v) is 11.6. The highest BCUT2D eigenvalue weighted by Gasteiger charge is 2.53. The Bertz CT molecular complexity index is 837. The summed E-state index contributed by atoms with van der Waals surface area (Å²) in [6.07, 6.45) is 3.90. The van der Waals surface area contributed by atoms with E-state index in [-0.39, 0.29) is 0 Å². The minimum absolute atomic E-state index is 0.476. The van der Waals surface area contributed by atoms with Gasteiger partial charge in [0.05, 0.1) is 0 Å². The van der Waals surface area contributed by atoms with E-state index in [0.717, 1.165) is 0 Å². The standard InChI is InChI=1S/C21H19Si/c1-13-19-12-18(21(13)22(19,2)3)20-16-10-6-4-8-14(16)15-9-5-7-11-17(15)20/h4-11,18,20H,1-3H3. The van der Waals surface area contributed by atoms with Gasteiger partial charge in [0.2, 0.25) is 0 Å². The summed E-state index contributed by atoms with van der Waals surface area (Å²) in [6, 6.07) is 17.9. The molecule has 2 bridgehead atoms. The summed E-state index contributed by atoms with van der Waals surface area (Å²) in [4.78, 5) is 0. The summed E-state index contributed by atoms with van der Waals surface area (Å²) in [5.41, 5.74) is 7.41. The molecule has 0 amide bonds. The molecular weight excluding hydrogens is 280 g/mol. The normalized spacial score (nSPS) is 24.0. The van der Waals surface area contributed by atoms with Crippen molar-refractivity contribution in [1.82, 2.24) is 0 Å². The lowest BCUT2D eigenvalue weighted by molar-refractivity contribution is 0.680. The van der Waals surface area contributed by atoms with Crippen molar-refractivity contribution >= 4 is 8.07 Å². The average Bonchev–Trinajstić information content (AvgIpc) is 3.13. The number of benzene rings is 2. The molecule has 0 fully saturated rings. The Morgan fingerprint density at radius 3 is 1.86 bits per heavy atom. The molecule has 1 unspecified atom stereocenters. The van der Waals surface area contributed by atoms with Crippen LogP contribution >= 0.6 is 0 Å². The molecule has 2 aromatic rings. The lowest BCUT2D eigenvalue weighted by Crippen LogP contribution is -2.40. The van der Waals surface area contributed by atoms with E-state index in [1.165, 1.54) is 22.3 Å². The fourth-order valence-electron chi connectivity index (χ4n) is 5.09. The van der Waals surface area contributed by atoms with Crippen LogP contribution in [0.1, 0.15) is 24.0 Å². The Kier molecular flexibility index (Phi) is 2.25. The molecule has 2 aliphatic carbocycles.